The standard InChI is InChI=1S/C13H14N2O3S/c1-11-10-12(4-2-3-8-16)5-6-13(11)15-19(17,18)9-7-14/h5-6,10,15-16H,3,8-9H2,1H3. The zero-order chi connectivity index (χ0) is 14.3. The van der Waals surface area contributed by atoms with Crippen LogP contribution in [0, 0.1) is 30.1 Å². The summed E-state index contributed by atoms with van der Waals surface area (Å²) in [7, 11) is -3.62. The summed E-state index contributed by atoms with van der Waals surface area (Å²) in [6.45, 7) is 1.76. The van der Waals surface area contributed by atoms with Gasteiger partial charge in [-0.2, -0.15) is 5.26 Å². The Labute approximate surface area is 112 Å². The maximum Gasteiger partial charge on any atom is 0.246 e. The fraction of sp³-hybridized carbons (Fsp3) is 0.308. The van der Waals surface area contributed by atoms with Crippen molar-refractivity contribution in [1.82, 2.24) is 0 Å². The predicted molar refractivity (Wildman–Crippen MR) is 72.8 cm³/mol. The highest BCUT2D eigenvalue weighted by Crippen LogP contribution is 2.17. The van der Waals surface area contributed by atoms with Gasteiger partial charge in [0.05, 0.1) is 18.4 Å². The molecular weight excluding hydrogens is 264 g/mol. The second kappa shape index (κ2) is 6.79. The van der Waals surface area contributed by atoms with Gasteiger partial charge in [-0.15, -0.1) is 0 Å². The fourth-order valence-corrected chi connectivity index (χ4v) is 2.17. The maximum atomic E-state index is 11.5. The SMILES string of the molecule is Cc1cc(C#CCCO)ccc1NS(=O)(=O)CC#N. The van der Waals surface area contributed by atoms with Gasteiger partial charge in [-0.25, -0.2) is 8.42 Å². The van der Waals surface area contributed by atoms with Crippen molar-refractivity contribution in [3.63, 3.8) is 0 Å². The fourth-order valence-electron chi connectivity index (χ4n) is 1.36. The third-order valence-electron chi connectivity index (χ3n) is 2.22. The van der Waals surface area contributed by atoms with Gasteiger partial charge in [0, 0.05) is 12.0 Å². The zero-order valence-corrected chi connectivity index (χ0v) is 11.3. The molecule has 0 fully saturated rings. The Balaban J connectivity index is 2.91. The average molecular weight is 278 g/mol. The first-order chi connectivity index (χ1) is 8.98. The van der Waals surface area contributed by atoms with Crippen LogP contribution in [0.5, 0.6) is 0 Å². The second-order valence-corrected chi connectivity index (χ2v) is 5.55. The molecule has 0 aromatic heterocycles. The van der Waals surface area contributed by atoms with Crippen LogP contribution in [0.4, 0.5) is 5.69 Å². The maximum absolute atomic E-state index is 11.5. The van der Waals surface area contributed by atoms with Crippen molar-refractivity contribution < 1.29 is 13.5 Å². The molecule has 0 amide bonds. The number of sulfonamides is 1. The van der Waals surface area contributed by atoms with E-state index in [9.17, 15) is 8.42 Å². The molecule has 2 N–H and O–H groups in total. The smallest absolute Gasteiger partial charge is 0.246 e. The van der Waals surface area contributed by atoms with E-state index in [-0.39, 0.29) is 6.61 Å². The predicted octanol–water partition coefficient (Wildman–Crippen LogP) is 0.994. The van der Waals surface area contributed by atoms with Crippen molar-refractivity contribution in [1.29, 1.82) is 5.26 Å². The van der Waals surface area contributed by atoms with Crippen LogP contribution < -0.4 is 4.72 Å². The number of aliphatic hydroxyl groups excluding tert-OH is 1. The van der Waals surface area contributed by atoms with E-state index in [1.807, 2.05) is 0 Å². The van der Waals surface area contributed by atoms with E-state index in [1.54, 1.807) is 31.2 Å². The van der Waals surface area contributed by atoms with Gasteiger partial charge in [0.25, 0.3) is 0 Å². The Hall–Kier alpha value is -2.02. The number of nitrogens with one attached hydrogen (secondary N) is 1. The molecule has 1 aromatic carbocycles. The number of aryl methyl sites for hydroxylation is 1. The van der Waals surface area contributed by atoms with Crippen LogP contribution >= 0.6 is 0 Å². The van der Waals surface area contributed by atoms with Crippen LogP contribution in [0.1, 0.15) is 17.5 Å². The Morgan fingerprint density at radius 3 is 2.74 bits per heavy atom. The molecule has 1 aromatic rings. The molecule has 0 saturated carbocycles. The molecule has 6 heteroatoms. The molecule has 0 radical (unpaired) electrons. The Kier molecular flexibility index (Phi) is 5.37. The molecular formula is C13H14N2O3S. The van der Waals surface area contributed by atoms with Crippen molar-refractivity contribution in [2.45, 2.75) is 13.3 Å². The number of rotatable bonds is 4. The number of aliphatic hydroxyl groups is 1. The lowest BCUT2D eigenvalue weighted by Crippen LogP contribution is -2.16. The van der Waals surface area contributed by atoms with Gasteiger partial charge in [-0.1, -0.05) is 11.8 Å². The topological polar surface area (TPSA) is 90.2 Å². The molecule has 0 unspecified atom stereocenters. The Morgan fingerprint density at radius 1 is 1.42 bits per heavy atom. The van der Waals surface area contributed by atoms with Crippen LogP contribution in [0.3, 0.4) is 0 Å². The highest BCUT2D eigenvalue weighted by molar-refractivity contribution is 7.92. The molecule has 0 aliphatic carbocycles. The van der Waals surface area contributed by atoms with E-state index < -0.39 is 15.8 Å². The first-order valence-corrected chi connectivity index (χ1v) is 7.21. The number of nitrogens with zero attached hydrogens (tertiary/aromatic N) is 1. The van der Waals surface area contributed by atoms with Gasteiger partial charge in [0.15, 0.2) is 5.75 Å². The van der Waals surface area contributed by atoms with Crippen LogP contribution in [-0.2, 0) is 10.0 Å². The van der Waals surface area contributed by atoms with Gasteiger partial charge in [0.1, 0.15) is 0 Å². The number of hydrogen-bond donors (Lipinski definition) is 2. The second-order valence-electron chi connectivity index (χ2n) is 3.82. The molecule has 0 aliphatic heterocycles. The highest BCUT2D eigenvalue weighted by atomic mass is 32.2. The number of hydrogen-bond acceptors (Lipinski definition) is 4. The van der Waals surface area contributed by atoms with E-state index in [4.69, 9.17) is 10.4 Å². The van der Waals surface area contributed by atoms with Crippen molar-refractivity contribution >= 4 is 15.7 Å². The van der Waals surface area contributed by atoms with E-state index in [0.717, 1.165) is 11.1 Å². The molecule has 0 heterocycles. The number of benzene rings is 1. The summed E-state index contributed by atoms with van der Waals surface area (Å²) < 4.78 is 25.3. The normalized spacial score (nSPS) is 10.2. The summed E-state index contributed by atoms with van der Waals surface area (Å²) in [6.07, 6.45) is 0.398. The van der Waals surface area contributed by atoms with E-state index >= 15 is 0 Å². The lowest BCUT2D eigenvalue weighted by atomic mass is 10.1. The molecule has 0 atom stereocenters. The molecule has 1 rings (SSSR count). The summed E-state index contributed by atoms with van der Waals surface area (Å²) in [5, 5.41) is 17.0. The summed E-state index contributed by atoms with van der Waals surface area (Å²) in [5.74, 6) is 5.07. The van der Waals surface area contributed by atoms with Gasteiger partial charge in [-0.05, 0) is 30.7 Å². The summed E-state index contributed by atoms with van der Waals surface area (Å²) >= 11 is 0. The quantitative estimate of drug-likeness (QED) is 0.804. The van der Waals surface area contributed by atoms with E-state index in [1.165, 1.54) is 0 Å². The summed E-state index contributed by atoms with van der Waals surface area (Å²) in [4.78, 5) is 0. The van der Waals surface area contributed by atoms with Crippen LogP contribution in [0.25, 0.3) is 0 Å². The largest absolute Gasteiger partial charge is 0.395 e. The van der Waals surface area contributed by atoms with Gasteiger partial charge >= 0.3 is 0 Å². The Bertz CT molecular complexity index is 649. The first-order valence-electron chi connectivity index (χ1n) is 5.56. The molecule has 0 aliphatic rings. The average Bonchev–Trinajstić information content (AvgIpc) is 2.32. The molecule has 5 nitrogen and oxygen atoms in total. The van der Waals surface area contributed by atoms with Crippen LogP contribution in [-0.4, -0.2) is 25.9 Å². The monoisotopic (exact) mass is 278 g/mol. The van der Waals surface area contributed by atoms with E-state index in [2.05, 4.69) is 16.6 Å². The van der Waals surface area contributed by atoms with Gasteiger partial charge < -0.3 is 5.11 Å². The third-order valence-corrected chi connectivity index (χ3v) is 3.26. The van der Waals surface area contributed by atoms with Crippen molar-refractivity contribution in [2.75, 3.05) is 17.1 Å². The lowest BCUT2D eigenvalue weighted by molar-refractivity contribution is 0.305. The lowest BCUT2D eigenvalue weighted by Gasteiger charge is -2.08. The minimum Gasteiger partial charge on any atom is -0.395 e. The third kappa shape index (κ3) is 5.01. The van der Waals surface area contributed by atoms with Crippen LogP contribution in [0.2, 0.25) is 0 Å². The van der Waals surface area contributed by atoms with E-state index in [0.29, 0.717) is 12.1 Å². The Morgan fingerprint density at radius 2 is 2.16 bits per heavy atom. The zero-order valence-electron chi connectivity index (χ0n) is 10.5. The minimum atomic E-state index is -3.62. The molecule has 100 valence electrons. The van der Waals surface area contributed by atoms with Crippen molar-refractivity contribution in [2.24, 2.45) is 0 Å². The number of anilines is 1. The van der Waals surface area contributed by atoms with Crippen molar-refractivity contribution in [3.8, 4) is 17.9 Å². The molecule has 0 saturated heterocycles. The summed E-state index contributed by atoms with van der Waals surface area (Å²) in [5.41, 5.74) is 1.90. The molecule has 0 spiro atoms. The number of nitriles is 1. The van der Waals surface area contributed by atoms with Gasteiger partial charge in [0.2, 0.25) is 10.0 Å². The summed E-state index contributed by atoms with van der Waals surface area (Å²) in [6, 6.07) is 6.63. The first kappa shape index (κ1) is 15.0. The molecule has 0 bridgehead atoms. The van der Waals surface area contributed by atoms with Crippen LogP contribution in [0.15, 0.2) is 18.2 Å². The minimum absolute atomic E-state index is 0.0119. The van der Waals surface area contributed by atoms with Crippen molar-refractivity contribution in [3.05, 3.63) is 29.3 Å². The molecule has 19 heavy (non-hydrogen) atoms. The van der Waals surface area contributed by atoms with Gasteiger partial charge in [-0.3, -0.25) is 4.72 Å². The highest BCUT2D eigenvalue weighted by Gasteiger charge is 2.10.